The molecule has 0 atom stereocenters. The molecule has 0 radical (unpaired) electrons. The molecule has 7 nitrogen and oxygen atoms in total. The van der Waals surface area contributed by atoms with Gasteiger partial charge in [-0.3, -0.25) is 4.79 Å². The molecule has 0 spiro atoms. The summed E-state index contributed by atoms with van der Waals surface area (Å²) in [4.78, 5) is 12.6. The second kappa shape index (κ2) is 10.4. The molecule has 1 aliphatic carbocycles. The first kappa shape index (κ1) is 22.1. The number of rotatable bonds is 11. The highest BCUT2D eigenvalue weighted by Gasteiger charge is 2.32. The zero-order chi connectivity index (χ0) is 20.7. The van der Waals surface area contributed by atoms with E-state index in [4.69, 9.17) is 9.47 Å². The van der Waals surface area contributed by atoms with E-state index in [9.17, 15) is 13.2 Å². The molecule has 0 aromatic heterocycles. The number of hydrogen-bond donors (Lipinski definition) is 1. The van der Waals surface area contributed by atoms with Crippen molar-refractivity contribution in [2.24, 2.45) is 11.8 Å². The Bertz CT molecular complexity index is 754. The van der Waals surface area contributed by atoms with Crippen molar-refractivity contribution in [1.82, 2.24) is 9.62 Å². The number of sulfonamides is 1. The van der Waals surface area contributed by atoms with Gasteiger partial charge in [-0.1, -0.05) is 0 Å². The van der Waals surface area contributed by atoms with Gasteiger partial charge in [-0.15, -0.1) is 0 Å². The standard InChI is InChI=1S/C21H32N2O5S/c1-2-28-19-6-8-20(9-7-19)29(25,26)23-13-10-18(11-14-23)21(24)22-12-3-15-27-16-17-4-5-17/h6-9,17-18H,2-5,10-16H2,1H3,(H,22,24). The molecule has 1 aromatic carbocycles. The van der Waals surface area contributed by atoms with Crippen LogP contribution in [0, 0.1) is 11.8 Å². The first-order valence-corrected chi connectivity index (χ1v) is 12.0. The summed E-state index contributed by atoms with van der Waals surface area (Å²) in [5, 5.41) is 2.96. The van der Waals surface area contributed by atoms with Gasteiger partial charge in [0.2, 0.25) is 15.9 Å². The molecule has 0 unspecified atom stereocenters. The summed E-state index contributed by atoms with van der Waals surface area (Å²) in [6.07, 6.45) is 4.46. The van der Waals surface area contributed by atoms with Gasteiger partial charge in [0.05, 0.1) is 11.5 Å². The number of nitrogens with zero attached hydrogens (tertiary/aromatic N) is 1. The van der Waals surface area contributed by atoms with Crippen LogP contribution >= 0.6 is 0 Å². The number of carbonyl (C=O) groups is 1. The van der Waals surface area contributed by atoms with E-state index >= 15 is 0 Å². The van der Waals surface area contributed by atoms with E-state index in [1.54, 1.807) is 24.3 Å². The summed E-state index contributed by atoms with van der Waals surface area (Å²) in [5.74, 6) is 1.30. The minimum Gasteiger partial charge on any atom is -0.494 e. The topological polar surface area (TPSA) is 84.9 Å². The molecule has 2 aliphatic rings. The van der Waals surface area contributed by atoms with Crippen LogP contribution in [0.25, 0.3) is 0 Å². The fraction of sp³-hybridized carbons (Fsp3) is 0.667. The van der Waals surface area contributed by atoms with Gasteiger partial charge >= 0.3 is 0 Å². The van der Waals surface area contributed by atoms with Crippen molar-refractivity contribution in [3.8, 4) is 5.75 Å². The van der Waals surface area contributed by atoms with E-state index in [1.807, 2.05) is 6.92 Å². The van der Waals surface area contributed by atoms with Crippen molar-refractivity contribution < 1.29 is 22.7 Å². The number of amides is 1. The Morgan fingerprint density at radius 1 is 1.14 bits per heavy atom. The normalized spacial score (nSPS) is 18.5. The highest BCUT2D eigenvalue weighted by Crippen LogP contribution is 2.28. The molecular weight excluding hydrogens is 392 g/mol. The first-order valence-electron chi connectivity index (χ1n) is 10.6. The Morgan fingerprint density at radius 2 is 1.83 bits per heavy atom. The van der Waals surface area contributed by atoms with Gasteiger partial charge in [0, 0.05) is 38.8 Å². The van der Waals surface area contributed by atoms with Crippen molar-refractivity contribution in [2.45, 2.75) is 43.9 Å². The van der Waals surface area contributed by atoms with Crippen LogP contribution in [0.3, 0.4) is 0 Å². The lowest BCUT2D eigenvalue weighted by atomic mass is 9.97. The second-order valence-electron chi connectivity index (χ2n) is 7.75. The summed E-state index contributed by atoms with van der Waals surface area (Å²) in [5.41, 5.74) is 0. The lowest BCUT2D eigenvalue weighted by molar-refractivity contribution is -0.126. The van der Waals surface area contributed by atoms with Crippen LogP contribution in [0.1, 0.15) is 39.0 Å². The van der Waals surface area contributed by atoms with Gasteiger partial charge in [-0.25, -0.2) is 8.42 Å². The number of piperidine rings is 1. The van der Waals surface area contributed by atoms with Gasteiger partial charge < -0.3 is 14.8 Å². The molecule has 8 heteroatoms. The van der Waals surface area contributed by atoms with Gasteiger partial charge in [-0.05, 0) is 69.2 Å². The van der Waals surface area contributed by atoms with E-state index in [1.165, 1.54) is 17.1 Å². The molecular formula is C21H32N2O5S. The molecule has 1 N–H and O–H groups in total. The maximum absolute atomic E-state index is 12.8. The number of hydrogen-bond acceptors (Lipinski definition) is 5. The molecule has 29 heavy (non-hydrogen) atoms. The number of ether oxygens (including phenoxy) is 2. The van der Waals surface area contributed by atoms with Crippen molar-refractivity contribution in [3.05, 3.63) is 24.3 Å². The monoisotopic (exact) mass is 424 g/mol. The molecule has 1 heterocycles. The first-order chi connectivity index (χ1) is 14.0. The van der Waals surface area contributed by atoms with Crippen LogP contribution in [0.4, 0.5) is 0 Å². The third kappa shape index (κ3) is 6.42. The summed E-state index contributed by atoms with van der Waals surface area (Å²) >= 11 is 0. The maximum Gasteiger partial charge on any atom is 0.243 e. The average molecular weight is 425 g/mol. The molecule has 1 saturated carbocycles. The number of carbonyl (C=O) groups excluding carboxylic acids is 1. The van der Waals surface area contributed by atoms with E-state index in [0.29, 0.717) is 51.4 Å². The Hall–Kier alpha value is -1.64. The molecule has 162 valence electrons. The molecule has 3 rings (SSSR count). The molecule has 1 amide bonds. The van der Waals surface area contributed by atoms with E-state index in [2.05, 4.69) is 5.32 Å². The Kier molecular flexibility index (Phi) is 7.91. The predicted molar refractivity (Wildman–Crippen MR) is 110 cm³/mol. The average Bonchev–Trinajstić information content (AvgIpc) is 3.55. The van der Waals surface area contributed by atoms with Crippen molar-refractivity contribution in [3.63, 3.8) is 0 Å². The van der Waals surface area contributed by atoms with Crippen LogP contribution in [0.5, 0.6) is 5.75 Å². The quantitative estimate of drug-likeness (QED) is 0.552. The van der Waals surface area contributed by atoms with E-state index in [-0.39, 0.29) is 16.7 Å². The van der Waals surface area contributed by atoms with Gasteiger partial charge in [0.15, 0.2) is 0 Å². The van der Waals surface area contributed by atoms with Crippen LogP contribution < -0.4 is 10.1 Å². The smallest absolute Gasteiger partial charge is 0.243 e. The second-order valence-corrected chi connectivity index (χ2v) is 9.68. The van der Waals surface area contributed by atoms with Crippen LogP contribution in [-0.2, 0) is 19.6 Å². The zero-order valence-electron chi connectivity index (χ0n) is 17.1. The van der Waals surface area contributed by atoms with Crippen molar-refractivity contribution >= 4 is 15.9 Å². The number of nitrogens with one attached hydrogen (secondary N) is 1. The van der Waals surface area contributed by atoms with Gasteiger partial charge in [0.1, 0.15) is 5.75 Å². The summed E-state index contributed by atoms with van der Waals surface area (Å²) < 4.78 is 38.1. The Balaban J connectivity index is 1.39. The minimum absolute atomic E-state index is 0.0188. The zero-order valence-corrected chi connectivity index (χ0v) is 18.0. The lowest BCUT2D eigenvalue weighted by Gasteiger charge is -2.30. The fourth-order valence-electron chi connectivity index (χ4n) is 3.45. The third-order valence-corrected chi connectivity index (χ3v) is 7.33. The lowest BCUT2D eigenvalue weighted by Crippen LogP contribution is -2.43. The van der Waals surface area contributed by atoms with Crippen LogP contribution in [0.2, 0.25) is 0 Å². The predicted octanol–water partition coefficient (Wildman–Crippen LogP) is 2.42. The highest BCUT2D eigenvalue weighted by atomic mass is 32.2. The number of benzene rings is 1. The Morgan fingerprint density at radius 3 is 2.45 bits per heavy atom. The van der Waals surface area contributed by atoms with Crippen molar-refractivity contribution in [1.29, 1.82) is 0 Å². The largest absolute Gasteiger partial charge is 0.494 e. The van der Waals surface area contributed by atoms with Crippen molar-refractivity contribution in [2.75, 3.05) is 39.5 Å². The molecule has 0 bridgehead atoms. The molecule has 1 aromatic rings. The van der Waals surface area contributed by atoms with Crippen LogP contribution in [0.15, 0.2) is 29.2 Å². The summed E-state index contributed by atoms with van der Waals surface area (Å²) in [6, 6.07) is 6.49. The highest BCUT2D eigenvalue weighted by molar-refractivity contribution is 7.89. The fourth-order valence-corrected chi connectivity index (χ4v) is 4.92. The molecule has 1 saturated heterocycles. The Labute approximate surface area is 173 Å². The summed E-state index contributed by atoms with van der Waals surface area (Å²) in [6.45, 7) is 5.26. The van der Waals surface area contributed by atoms with E-state index < -0.39 is 10.0 Å². The SMILES string of the molecule is CCOc1ccc(S(=O)(=O)N2CCC(C(=O)NCCCOCC3CC3)CC2)cc1. The molecule has 1 aliphatic heterocycles. The van der Waals surface area contributed by atoms with Crippen LogP contribution in [-0.4, -0.2) is 58.1 Å². The van der Waals surface area contributed by atoms with E-state index in [0.717, 1.165) is 18.9 Å². The summed E-state index contributed by atoms with van der Waals surface area (Å²) in [7, 11) is -3.54. The van der Waals surface area contributed by atoms with Gasteiger partial charge in [-0.2, -0.15) is 4.31 Å². The third-order valence-electron chi connectivity index (χ3n) is 5.41. The van der Waals surface area contributed by atoms with Gasteiger partial charge in [0.25, 0.3) is 0 Å². The minimum atomic E-state index is -3.54. The maximum atomic E-state index is 12.8. The molecule has 2 fully saturated rings.